The molecule has 1 saturated heterocycles. The molecule has 90 valence electrons. The quantitative estimate of drug-likeness (QED) is 0.775. The zero-order valence-electron chi connectivity index (χ0n) is 9.73. The van der Waals surface area contributed by atoms with Gasteiger partial charge in [0, 0.05) is 13.0 Å². The minimum atomic E-state index is -0.821. The SMILES string of the molecule is COC(=O)C1(c2ccccc2)CCNC(=O)C1. The molecular formula is C13H15NO3. The molecule has 4 heteroatoms. The van der Waals surface area contributed by atoms with Crippen LogP contribution < -0.4 is 5.32 Å². The zero-order chi connectivity index (χ0) is 12.3. The summed E-state index contributed by atoms with van der Waals surface area (Å²) in [7, 11) is 1.36. The van der Waals surface area contributed by atoms with E-state index in [-0.39, 0.29) is 18.3 Å². The van der Waals surface area contributed by atoms with E-state index in [1.807, 2.05) is 30.3 Å². The first-order chi connectivity index (χ1) is 8.19. The molecule has 0 spiro atoms. The van der Waals surface area contributed by atoms with Gasteiger partial charge < -0.3 is 10.1 Å². The number of nitrogens with one attached hydrogen (secondary N) is 1. The zero-order valence-corrected chi connectivity index (χ0v) is 9.73. The topological polar surface area (TPSA) is 55.4 Å². The van der Waals surface area contributed by atoms with Crippen LogP contribution >= 0.6 is 0 Å². The van der Waals surface area contributed by atoms with Crippen molar-refractivity contribution in [1.82, 2.24) is 5.32 Å². The Kier molecular flexibility index (Phi) is 3.13. The van der Waals surface area contributed by atoms with Crippen LogP contribution in [-0.4, -0.2) is 25.5 Å². The van der Waals surface area contributed by atoms with Crippen molar-refractivity contribution in [3.63, 3.8) is 0 Å². The van der Waals surface area contributed by atoms with Crippen molar-refractivity contribution in [2.75, 3.05) is 13.7 Å². The molecule has 1 atom stereocenters. The van der Waals surface area contributed by atoms with Gasteiger partial charge in [-0.1, -0.05) is 30.3 Å². The lowest BCUT2D eigenvalue weighted by Gasteiger charge is -2.34. The number of esters is 1. The number of carbonyl (C=O) groups is 2. The summed E-state index contributed by atoms with van der Waals surface area (Å²) in [5.74, 6) is -0.441. The van der Waals surface area contributed by atoms with Crippen molar-refractivity contribution >= 4 is 11.9 Å². The monoisotopic (exact) mass is 233 g/mol. The molecular weight excluding hydrogens is 218 g/mol. The number of benzene rings is 1. The Morgan fingerprint density at radius 1 is 1.35 bits per heavy atom. The highest BCUT2D eigenvalue weighted by Gasteiger charge is 2.45. The van der Waals surface area contributed by atoms with E-state index < -0.39 is 5.41 Å². The molecule has 0 saturated carbocycles. The molecule has 0 aromatic heterocycles. The van der Waals surface area contributed by atoms with E-state index in [0.717, 1.165) is 5.56 Å². The Balaban J connectivity index is 2.43. The van der Waals surface area contributed by atoms with Gasteiger partial charge >= 0.3 is 5.97 Å². The maximum Gasteiger partial charge on any atom is 0.316 e. The third-order valence-corrected chi connectivity index (χ3v) is 3.24. The molecule has 1 aliphatic rings. The van der Waals surface area contributed by atoms with Crippen molar-refractivity contribution in [3.05, 3.63) is 35.9 Å². The number of methoxy groups -OCH3 is 1. The maximum atomic E-state index is 12.0. The van der Waals surface area contributed by atoms with Crippen molar-refractivity contribution in [2.24, 2.45) is 0 Å². The average Bonchev–Trinajstić information content (AvgIpc) is 2.38. The van der Waals surface area contributed by atoms with Crippen LogP contribution in [0, 0.1) is 0 Å². The van der Waals surface area contributed by atoms with Crippen molar-refractivity contribution in [2.45, 2.75) is 18.3 Å². The van der Waals surface area contributed by atoms with Crippen LogP contribution in [-0.2, 0) is 19.7 Å². The Morgan fingerprint density at radius 3 is 2.65 bits per heavy atom. The molecule has 1 aromatic rings. The third-order valence-electron chi connectivity index (χ3n) is 3.24. The van der Waals surface area contributed by atoms with E-state index in [4.69, 9.17) is 4.74 Å². The van der Waals surface area contributed by atoms with Gasteiger partial charge in [0.25, 0.3) is 0 Å². The molecule has 1 amide bonds. The number of rotatable bonds is 2. The van der Waals surface area contributed by atoms with Crippen molar-refractivity contribution in [1.29, 1.82) is 0 Å². The van der Waals surface area contributed by atoms with Crippen LogP contribution in [0.2, 0.25) is 0 Å². The number of piperidine rings is 1. The van der Waals surface area contributed by atoms with E-state index in [1.165, 1.54) is 7.11 Å². The molecule has 1 aromatic carbocycles. The van der Waals surface area contributed by atoms with Crippen LogP contribution in [0.3, 0.4) is 0 Å². The van der Waals surface area contributed by atoms with Crippen LogP contribution in [0.4, 0.5) is 0 Å². The summed E-state index contributed by atoms with van der Waals surface area (Å²) >= 11 is 0. The van der Waals surface area contributed by atoms with E-state index in [1.54, 1.807) is 0 Å². The molecule has 1 N–H and O–H groups in total. The summed E-state index contributed by atoms with van der Waals surface area (Å²) in [5.41, 5.74) is 0.0277. The highest BCUT2D eigenvalue weighted by atomic mass is 16.5. The molecule has 1 aliphatic heterocycles. The smallest absolute Gasteiger partial charge is 0.316 e. The number of ether oxygens (including phenoxy) is 1. The number of amides is 1. The summed E-state index contributed by atoms with van der Waals surface area (Å²) in [6.45, 7) is 0.503. The minimum Gasteiger partial charge on any atom is -0.468 e. The van der Waals surface area contributed by atoms with E-state index >= 15 is 0 Å². The van der Waals surface area contributed by atoms with Gasteiger partial charge in [-0.3, -0.25) is 9.59 Å². The van der Waals surface area contributed by atoms with Gasteiger partial charge in [-0.05, 0) is 12.0 Å². The van der Waals surface area contributed by atoms with Crippen LogP contribution in [0.15, 0.2) is 30.3 Å². The molecule has 1 fully saturated rings. The Bertz CT molecular complexity index is 430. The predicted octanol–water partition coefficient (Wildman–Crippen LogP) is 1.01. The lowest BCUT2D eigenvalue weighted by Crippen LogP contribution is -2.48. The number of hydrogen-bond donors (Lipinski definition) is 1. The lowest BCUT2D eigenvalue weighted by molar-refractivity contribution is -0.151. The molecule has 2 rings (SSSR count). The van der Waals surface area contributed by atoms with Crippen LogP contribution in [0.5, 0.6) is 0 Å². The van der Waals surface area contributed by atoms with Gasteiger partial charge in [-0.25, -0.2) is 0 Å². The molecule has 1 heterocycles. The average molecular weight is 233 g/mol. The highest BCUT2D eigenvalue weighted by Crippen LogP contribution is 2.34. The summed E-state index contributed by atoms with van der Waals surface area (Å²) in [4.78, 5) is 23.6. The molecule has 17 heavy (non-hydrogen) atoms. The number of hydrogen-bond acceptors (Lipinski definition) is 3. The van der Waals surface area contributed by atoms with Crippen LogP contribution in [0.1, 0.15) is 18.4 Å². The summed E-state index contributed by atoms with van der Waals surface area (Å²) < 4.78 is 4.88. The fraction of sp³-hybridized carbons (Fsp3) is 0.385. The van der Waals surface area contributed by atoms with Gasteiger partial charge in [-0.2, -0.15) is 0 Å². The standard InChI is InChI=1S/C13H15NO3/c1-17-12(16)13(7-8-14-11(15)9-13)10-5-3-2-4-6-10/h2-6H,7-9H2,1H3,(H,14,15). The Morgan fingerprint density at radius 2 is 2.06 bits per heavy atom. The van der Waals surface area contributed by atoms with Gasteiger partial charge in [0.05, 0.1) is 7.11 Å². The summed E-state index contributed by atoms with van der Waals surface area (Å²) in [6.07, 6.45) is 0.735. The predicted molar refractivity (Wildman–Crippen MR) is 62.4 cm³/mol. The molecule has 0 bridgehead atoms. The van der Waals surface area contributed by atoms with Crippen molar-refractivity contribution in [3.8, 4) is 0 Å². The fourth-order valence-corrected chi connectivity index (χ4v) is 2.33. The molecule has 0 aliphatic carbocycles. The van der Waals surface area contributed by atoms with Gasteiger partial charge in [0.1, 0.15) is 5.41 Å². The van der Waals surface area contributed by atoms with Gasteiger partial charge in [0.2, 0.25) is 5.91 Å². The van der Waals surface area contributed by atoms with Gasteiger partial charge in [0.15, 0.2) is 0 Å². The summed E-state index contributed by atoms with van der Waals surface area (Å²) in [5, 5.41) is 2.74. The highest BCUT2D eigenvalue weighted by molar-refractivity contribution is 5.91. The first-order valence-corrected chi connectivity index (χ1v) is 5.60. The molecule has 4 nitrogen and oxygen atoms in total. The second-order valence-corrected chi connectivity index (χ2v) is 4.22. The third kappa shape index (κ3) is 2.02. The van der Waals surface area contributed by atoms with Gasteiger partial charge in [-0.15, -0.1) is 0 Å². The normalized spacial score (nSPS) is 23.9. The fourth-order valence-electron chi connectivity index (χ4n) is 2.33. The molecule has 1 unspecified atom stereocenters. The van der Waals surface area contributed by atoms with E-state index in [0.29, 0.717) is 13.0 Å². The molecule has 0 radical (unpaired) electrons. The maximum absolute atomic E-state index is 12.0. The first kappa shape index (κ1) is 11.6. The minimum absolute atomic E-state index is 0.106. The second-order valence-electron chi connectivity index (χ2n) is 4.22. The van der Waals surface area contributed by atoms with Crippen LogP contribution in [0.25, 0.3) is 0 Å². The van der Waals surface area contributed by atoms with E-state index in [9.17, 15) is 9.59 Å². The Labute approximate surface area is 100.0 Å². The van der Waals surface area contributed by atoms with Crippen molar-refractivity contribution < 1.29 is 14.3 Å². The summed E-state index contributed by atoms with van der Waals surface area (Å²) in [6, 6.07) is 9.36. The first-order valence-electron chi connectivity index (χ1n) is 5.60. The lowest BCUT2D eigenvalue weighted by atomic mass is 9.73. The van der Waals surface area contributed by atoms with E-state index in [2.05, 4.69) is 5.32 Å². The number of carbonyl (C=O) groups excluding carboxylic acids is 2. The largest absolute Gasteiger partial charge is 0.468 e. The Hall–Kier alpha value is -1.84. The second kappa shape index (κ2) is 4.57.